The molecular formula is C24H33N3O7S2. The van der Waals surface area contributed by atoms with Gasteiger partial charge in [-0.1, -0.05) is 24.3 Å². The fraction of sp³-hybridized carbons (Fsp3) is 0.500. The van der Waals surface area contributed by atoms with Crippen LogP contribution in [0.25, 0.3) is 0 Å². The van der Waals surface area contributed by atoms with E-state index in [1.807, 2.05) is 0 Å². The van der Waals surface area contributed by atoms with E-state index in [4.69, 9.17) is 9.47 Å². The smallest absolute Gasteiger partial charge is 0.243 e. The Morgan fingerprint density at radius 3 is 2.47 bits per heavy atom. The third-order valence-electron chi connectivity index (χ3n) is 6.69. The average Bonchev–Trinajstić information content (AvgIpc) is 3.29. The number of hydrogen-bond donors (Lipinski definition) is 3. The normalized spacial score (nSPS) is 21.4. The van der Waals surface area contributed by atoms with Crippen molar-refractivity contribution >= 4 is 20.0 Å². The van der Waals surface area contributed by atoms with Crippen LogP contribution in [0.4, 0.5) is 0 Å². The number of ether oxygens (including phenoxy) is 2. The minimum absolute atomic E-state index is 0.00107. The molecule has 2 aliphatic heterocycles. The number of aliphatic hydroxyl groups excluding tert-OH is 1. The number of rotatable bonds is 10. The highest BCUT2D eigenvalue weighted by Crippen LogP contribution is 2.37. The Bertz CT molecular complexity index is 1230. The van der Waals surface area contributed by atoms with E-state index in [1.165, 1.54) is 23.5 Å². The van der Waals surface area contributed by atoms with Crippen molar-refractivity contribution in [1.82, 2.24) is 14.3 Å². The Morgan fingerprint density at radius 1 is 1.08 bits per heavy atom. The maximum Gasteiger partial charge on any atom is 0.243 e. The standard InChI is InChI=1S/C24H33N3O7S2/c1-25-35(29,30)23-9-5-6-21(14-23)33-18-20(28)16-26-19-15-24(34-17-19)10-12-27(13-11-24)36(31,32)22-7-3-2-4-8-22/h2-9,14,19-20,25-26,28H,10-13,15-18H2,1H3/t19?,20-/m0/s1. The van der Waals surface area contributed by atoms with E-state index in [1.54, 1.807) is 42.5 Å². The topological polar surface area (TPSA) is 134 Å². The van der Waals surface area contributed by atoms with Crippen LogP contribution in [0.1, 0.15) is 19.3 Å². The SMILES string of the molecule is CNS(=O)(=O)c1cccc(OC[C@@H](O)CNC2COC3(CCN(S(=O)(=O)c4ccccc4)CC3)C2)c1. The summed E-state index contributed by atoms with van der Waals surface area (Å²) in [4.78, 5) is 0.394. The molecule has 0 aliphatic carbocycles. The fourth-order valence-electron chi connectivity index (χ4n) is 4.60. The third-order valence-corrected chi connectivity index (χ3v) is 10.0. The summed E-state index contributed by atoms with van der Waals surface area (Å²) in [5.41, 5.74) is -0.360. The molecule has 2 fully saturated rings. The Balaban J connectivity index is 1.22. The molecule has 1 spiro atoms. The molecule has 2 aromatic rings. The van der Waals surface area contributed by atoms with E-state index in [9.17, 15) is 21.9 Å². The zero-order valence-electron chi connectivity index (χ0n) is 20.2. The van der Waals surface area contributed by atoms with Crippen molar-refractivity contribution < 1.29 is 31.4 Å². The van der Waals surface area contributed by atoms with Gasteiger partial charge < -0.3 is 19.9 Å². The van der Waals surface area contributed by atoms with Crippen LogP contribution in [0.2, 0.25) is 0 Å². The summed E-state index contributed by atoms with van der Waals surface area (Å²) in [5.74, 6) is 0.353. The summed E-state index contributed by atoms with van der Waals surface area (Å²) < 4.78 is 65.1. The van der Waals surface area contributed by atoms with Gasteiger partial charge in [-0.15, -0.1) is 0 Å². The predicted molar refractivity (Wildman–Crippen MR) is 134 cm³/mol. The third kappa shape index (κ3) is 6.25. The van der Waals surface area contributed by atoms with Gasteiger partial charge in [0.2, 0.25) is 20.0 Å². The van der Waals surface area contributed by atoms with E-state index in [2.05, 4.69) is 10.0 Å². The maximum absolute atomic E-state index is 12.9. The molecule has 1 unspecified atom stereocenters. The highest BCUT2D eigenvalue weighted by Gasteiger charge is 2.44. The minimum atomic E-state index is -3.58. The molecule has 36 heavy (non-hydrogen) atoms. The second kappa shape index (κ2) is 11.1. The first-order valence-corrected chi connectivity index (χ1v) is 14.8. The molecule has 4 rings (SSSR count). The second-order valence-electron chi connectivity index (χ2n) is 9.17. The Labute approximate surface area is 212 Å². The van der Waals surface area contributed by atoms with E-state index >= 15 is 0 Å². The number of aliphatic hydroxyl groups is 1. The van der Waals surface area contributed by atoms with Gasteiger partial charge in [0.15, 0.2) is 0 Å². The summed E-state index contributed by atoms with van der Waals surface area (Å²) in [6, 6.07) is 14.6. The Morgan fingerprint density at radius 2 is 1.78 bits per heavy atom. The van der Waals surface area contributed by atoms with Crippen molar-refractivity contribution in [1.29, 1.82) is 0 Å². The van der Waals surface area contributed by atoms with Gasteiger partial charge in [0.25, 0.3) is 0 Å². The summed E-state index contributed by atoms with van der Waals surface area (Å²) in [7, 11) is -5.74. The number of nitrogens with one attached hydrogen (secondary N) is 2. The second-order valence-corrected chi connectivity index (χ2v) is 13.0. The zero-order chi connectivity index (χ0) is 25.8. The number of hydrogen-bond acceptors (Lipinski definition) is 8. The van der Waals surface area contributed by atoms with Crippen LogP contribution in [0, 0.1) is 0 Å². The number of benzene rings is 2. The molecule has 0 saturated carbocycles. The molecule has 198 valence electrons. The first-order chi connectivity index (χ1) is 17.1. The van der Waals surface area contributed by atoms with E-state index < -0.39 is 26.2 Å². The van der Waals surface area contributed by atoms with Crippen LogP contribution < -0.4 is 14.8 Å². The molecule has 0 bridgehead atoms. The molecule has 2 heterocycles. The van der Waals surface area contributed by atoms with Gasteiger partial charge in [0.1, 0.15) is 18.5 Å². The number of piperidine rings is 1. The first kappa shape index (κ1) is 27.0. The lowest BCUT2D eigenvalue weighted by atomic mass is 9.88. The summed E-state index contributed by atoms with van der Waals surface area (Å²) in [5, 5.41) is 13.7. The molecule has 2 saturated heterocycles. The molecule has 0 radical (unpaired) electrons. The van der Waals surface area contributed by atoms with Crippen molar-refractivity contribution in [2.75, 3.05) is 39.9 Å². The lowest BCUT2D eigenvalue weighted by Gasteiger charge is -2.38. The lowest BCUT2D eigenvalue weighted by Crippen LogP contribution is -2.47. The van der Waals surface area contributed by atoms with Crippen molar-refractivity contribution in [3.8, 4) is 5.75 Å². The summed E-state index contributed by atoms with van der Waals surface area (Å²) in [6.45, 7) is 1.59. The molecule has 10 nitrogen and oxygen atoms in total. The highest BCUT2D eigenvalue weighted by atomic mass is 32.2. The van der Waals surface area contributed by atoms with Gasteiger partial charge in [0, 0.05) is 31.7 Å². The van der Waals surface area contributed by atoms with Gasteiger partial charge in [-0.25, -0.2) is 21.6 Å². The van der Waals surface area contributed by atoms with Gasteiger partial charge in [-0.05, 0) is 50.6 Å². The molecule has 0 amide bonds. The first-order valence-electron chi connectivity index (χ1n) is 11.9. The van der Waals surface area contributed by atoms with Crippen molar-refractivity contribution in [3.63, 3.8) is 0 Å². The van der Waals surface area contributed by atoms with Crippen LogP contribution in [-0.4, -0.2) is 83.9 Å². The van der Waals surface area contributed by atoms with Gasteiger partial charge in [-0.3, -0.25) is 0 Å². The molecule has 2 aromatic carbocycles. The largest absolute Gasteiger partial charge is 0.491 e. The maximum atomic E-state index is 12.9. The Hall–Kier alpha value is -2.06. The molecule has 3 N–H and O–H groups in total. The van der Waals surface area contributed by atoms with Crippen molar-refractivity contribution in [3.05, 3.63) is 54.6 Å². The minimum Gasteiger partial charge on any atom is -0.491 e. The van der Waals surface area contributed by atoms with E-state index in [0.717, 1.165) is 6.42 Å². The van der Waals surface area contributed by atoms with Crippen LogP contribution in [0.15, 0.2) is 64.4 Å². The van der Waals surface area contributed by atoms with Crippen LogP contribution >= 0.6 is 0 Å². The zero-order valence-corrected chi connectivity index (χ0v) is 21.8. The predicted octanol–water partition coefficient (Wildman–Crippen LogP) is 0.936. The number of nitrogens with zero attached hydrogens (tertiary/aromatic N) is 1. The molecule has 2 aliphatic rings. The summed E-state index contributed by atoms with van der Waals surface area (Å²) >= 11 is 0. The fourth-order valence-corrected chi connectivity index (χ4v) is 6.83. The van der Waals surface area contributed by atoms with Gasteiger partial charge in [-0.2, -0.15) is 4.31 Å². The van der Waals surface area contributed by atoms with Crippen molar-refractivity contribution in [2.45, 2.75) is 46.8 Å². The monoisotopic (exact) mass is 539 g/mol. The van der Waals surface area contributed by atoms with Gasteiger partial charge >= 0.3 is 0 Å². The highest BCUT2D eigenvalue weighted by molar-refractivity contribution is 7.89. The summed E-state index contributed by atoms with van der Waals surface area (Å²) in [6.07, 6.45) is 1.18. The van der Waals surface area contributed by atoms with E-state index in [-0.39, 0.29) is 29.7 Å². The molecule has 0 aromatic heterocycles. The quantitative estimate of drug-likeness (QED) is 0.406. The number of sulfonamides is 2. The van der Waals surface area contributed by atoms with Gasteiger partial charge in [0.05, 0.1) is 22.0 Å². The molecule has 2 atom stereocenters. The molecular weight excluding hydrogens is 506 g/mol. The van der Waals surface area contributed by atoms with Crippen LogP contribution in [0.5, 0.6) is 5.75 Å². The van der Waals surface area contributed by atoms with Crippen LogP contribution in [-0.2, 0) is 24.8 Å². The van der Waals surface area contributed by atoms with Crippen LogP contribution in [0.3, 0.4) is 0 Å². The lowest BCUT2D eigenvalue weighted by molar-refractivity contribution is -0.0312. The van der Waals surface area contributed by atoms with Crippen molar-refractivity contribution in [2.24, 2.45) is 0 Å². The average molecular weight is 540 g/mol. The Kier molecular flexibility index (Phi) is 8.35. The molecule has 12 heteroatoms. The van der Waals surface area contributed by atoms with E-state index in [0.29, 0.717) is 43.2 Å².